The van der Waals surface area contributed by atoms with E-state index in [0.717, 1.165) is 37.2 Å². The Balaban J connectivity index is 2.01. The van der Waals surface area contributed by atoms with Crippen LogP contribution in [0.3, 0.4) is 0 Å². The molecular formula is C14H20N2O2. The van der Waals surface area contributed by atoms with Crippen LogP contribution in [0.15, 0.2) is 24.3 Å². The number of carbonyl (C=O) groups is 1. The van der Waals surface area contributed by atoms with Gasteiger partial charge in [0.1, 0.15) is 0 Å². The molecule has 0 aliphatic carbocycles. The fourth-order valence-corrected chi connectivity index (χ4v) is 2.23. The molecule has 1 aromatic rings. The Morgan fingerprint density at radius 3 is 3.06 bits per heavy atom. The summed E-state index contributed by atoms with van der Waals surface area (Å²) in [6.07, 6.45) is 2.03. The van der Waals surface area contributed by atoms with E-state index in [1.165, 1.54) is 0 Å². The number of piperidine rings is 1. The molecule has 0 aromatic heterocycles. The number of hydrogen-bond acceptors (Lipinski definition) is 3. The van der Waals surface area contributed by atoms with Crippen LogP contribution in [0, 0.1) is 5.92 Å². The van der Waals surface area contributed by atoms with Gasteiger partial charge in [0, 0.05) is 24.9 Å². The van der Waals surface area contributed by atoms with Crippen molar-refractivity contribution in [2.24, 2.45) is 5.92 Å². The molecule has 1 heterocycles. The van der Waals surface area contributed by atoms with Gasteiger partial charge in [0.2, 0.25) is 5.91 Å². The summed E-state index contributed by atoms with van der Waals surface area (Å²) in [6.45, 7) is 2.31. The molecule has 18 heavy (non-hydrogen) atoms. The summed E-state index contributed by atoms with van der Waals surface area (Å²) < 4.78 is 5.13. The highest BCUT2D eigenvalue weighted by atomic mass is 16.5. The molecule has 1 saturated heterocycles. The average Bonchev–Trinajstić information content (AvgIpc) is 2.42. The number of nitrogens with one attached hydrogen (secondary N) is 2. The zero-order valence-electron chi connectivity index (χ0n) is 10.7. The Labute approximate surface area is 108 Å². The van der Waals surface area contributed by atoms with Crippen molar-refractivity contribution in [3.05, 3.63) is 29.8 Å². The van der Waals surface area contributed by atoms with E-state index in [0.29, 0.717) is 6.61 Å². The van der Waals surface area contributed by atoms with E-state index in [2.05, 4.69) is 10.6 Å². The van der Waals surface area contributed by atoms with E-state index in [1.54, 1.807) is 7.11 Å². The average molecular weight is 248 g/mol. The molecule has 0 spiro atoms. The number of ether oxygens (including phenoxy) is 1. The molecule has 1 aromatic carbocycles. The lowest BCUT2D eigenvalue weighted by molar-refractivity contribution is -0.120. The standard InChI is InChI=1S/C14H20N2O2/c1-18-10-12-5-2-3-7-13(12)16-14(17)11-6-4-8-15-9-11/h2-3,5,7,11,15H,4,6,8-10H2,1H3,(H,16,17)/t11-/m0/s1. The molecule has 0 bridgehead atoms. The molecule has 4 nitrogen and oxygen atoms in total. The Kier molecular flexibility index (Phi) is 4.73. The second-order valence-electron chi connectivity index (χ2n) is 4.62. The van der Waals surface area contributed by atoms with Gasteiger partial charge in [-0.3, -0.25) is 4.79 Å². The molecule has 1 aliphatic rings. The van der Waals surface area contributed by atoms with Crippen LogP contribution in [-0.2, 0) is 16.1 Å². The quantitative estimate of drug-likeness (QED) is 0.854. The first kappa shape index (κ1) is 13.1. The van der Waals surface area contributed by atoms with Crippen LogP contribution in [0.5, 0.6) is 0 Å². The highest BCUT2D eigenvalue weighted by Gasteiger charge is 2.21. The van der Waals surface area contributed by atoms with Gasteiger partial charge < -0.3 is 15.4 Å². The van der Waals surface area contributed by atoms with Crippen molar-refractivity contribution in [1.29, 1.82) is 0 Å². The van der Waals surface area contributed by atoms with Gasteiger partial charge in [-0.2, -0.15) is 0 Å². The van der Waals surface area contributed by atoms with Crippen LogP contribution in [0.4, 0.5) is 5.69 Å². The molecule has 1 atom stereocenters. The van der Waals surface area contributed by atoms with Gasteiger partial charge in [-0.15, -0.1) is 0 Å². The lowest BCUT2D eigenvalue weighted by Crippen LogP contribution is -2.37. The van der Waals surface area contributed by atoms with Crippen molar-refractivity contribution in [3.8, 4) is 0 Å². The zero-order chi connectivity index (χ0) is 12.8. The van der Waals surface area contributed by atoms with Gasteiger partial charge in [0.25, 0.3) is 0 Å². The van der Waals surface area contributed by atoms with Crippen molar-refractivity contribution in [3.63, 3.8) is 0 Å². The normalized spacial score (nSPS) is 19.5. The molecule has 98 valence electrons. The van der Waals surface area contributed by atoms with Gasteiger partial charge in [-0.1, -0.05) is 18.2 Å². The number of para-hydroxylation sites is 1. The lowest BCUT2D eigenvalue weighted by Gasteiger charge is -2.22. The first-order valence-corrected chi connectivity index (χ1v) is 6.39. The van der Waals surface area contributed by atoms with Crippen molar-refractivity contribution < 1.29 is 9.53 Å². The summed E-state index contributed by atoms with van der Waals surface area (Å²) in [7, 11) is 1.66. The molecule has 1 fully saturated rings. The molecule has 0 radical (unpaired) electrons. The predicted octanol–water partition coefficient (Wildman–Crippen LogP) is 1.77. The number of benzene rings is 1. The molecule has 0 unspecified atom stereocenters. The minimum Gasteiger partial charge on any atom is -0.380 e. The minimum absolute atomic E-state index is 0.0781. The van der Waals surface area contributed by atoms with Crippen molar-refractivity contribution >= 4 is 11.6 Å². The summed E-state index contributed by atoms with van der Waals surface area (Å²) in [6, 6.07) is 7.76. The van der Waals surface area contributed by atoms with E-state index in [1.807, 2.05) is 24.3 Å². The zero-order valence-corrected chi connectivity index (χ0v) is 10.7. The van der Waals surface area contributed by atoms with E-state index in [-0.39, 0.29) is 11.8 Å². The van der Waals surface area contributed by atoms with Crippen molar-refractivity contribution in [1.82, 2.24) is 5.32 Å². The molecule has 2 rings (SSSR count). The first-order chi connectivity index (χ1) is 8.81. The van der Waals surface area contributed by atoms with Gasteiger partial charge in [0.15, 0.2) is 0 Å². The highest BCUT2D eigenvalue weighted by Crippen LogP contribution is 2.18. The van der Waals surface area contributed by atoms with E-state index < -0.39 is 0 Å². The summed E-state index contributed by atoms with van der Waals surface area (Å²) >= 11 is 0. The number of methoxy groups -OCH3 is 1. The van der Waals surface area contributed by atoms with Crippen LogP contribution in [0.2, 0.25) is 0 Å². The maximum absolute atomic E-state index is 12.1. The fraction of sp³-hybridized carbons (Fsp3) is 0.500. The van der Waals surface area contributed by atoms with E-state index in [4.69, 9.17) is 4.74 Å². The van der Waals surface area contributed by atoms with Crippen LogP contribution < -0.4 is 10.6 Å². The second kappa shape index (κ2) is 6.52. The lowest BCUT2D eigenvalue weighted by atomic mass is 9.98. The third kappa shape index (κ3) is 3.31. The summed E-state index contributed by atoms with van der Waals surface area (Å²) in [5, 5.41) is 6.26. The van der Waals surface area contributed by atoms with Gasteiger partial charge in [-0.25, -0.2) is 0 Å². The maximum Gasteiger partial charge on any atom is 0.228 e. The first-order valence-electron chi connectivity index (χ1n) is 6.39. The minimum atomic E-state index is 0.0781. The van der Waals surface area contributed by atoms with Gasteiger partial charge in [0.05, 0.1) is 12.5 Å². The van der Waals surface area contributed by atoms with Crippen LogP contribution in [0.1, 0.15) is 18.4 Å². The number of hydrogen-bond donors (Lipinski definition) is 2. The molecule has 4 heteroatoms. The van der Waals surface area contributed by atoms with Gasteiger partial charge in [-0.05, 0) is 25.5 Å². The monoisotopic (exact) mass is 248 g/mol. The molecule has 1 amide bonds. The number of anilines is 1. The van der Waals surface area contributed by atoms with Crippen molar-refractivity contribution in [2.75, 3.05) is 25.5 Å². The topological polar surface area (TPSA) is 50.4 Å². The third-order valence-electron chi connectivity index (χ3n) is 3.24. The summed E-state index contributed by atoms with van der Waals surface area (Å²) in [5.41, 5.74) is 1.87. The Morgan fingerprint density at radius 1 is 1.50 bits per heavy atom. The van der Waals surface area contributed by atoms with E-state index >= 15 is 0 Å². The SMILES string of the molecule is COCc1ccccc1NC(=O)[C@H]1CCCNC1. The maximum atomic E-state index is 12.1. The molecule has 0 saturated carbocycles. The van der Waals surface area contributed by atoms with E-state index in [9.17, 15) is 4.79 Å². The molecule has 2 N–H and O–H groups in total. The van der Waals surface area contributed by atoms with Crippen LogP contribution in [-0.4, -0.2) is 26.1 Å². The van der Waals surface area contributed by atoms with Gasteiger partial charge >= 0.3 is 0 Å². The highest BCUT2D eigenvalue weighted by molar-refractivity contribution is 5.93. The fourth-order valence-electron chi connectivity index (χ4n) is 2.23. The Hall–Kier alpha value is -1.39. The summed E-state index contributed by atoms with van der Waals surface area (Å²) in [4.78, 5) is 12.1. The number of rotatable bonds is 4. The predicted molar refractivity (Wildman–Crippen MR) is 71.4 cm³/mol. The van der Waals surface area contributed by atoms with Crippen LogP contribution in [0.25, 0.3) is 0 Å². The third-order valence-corrected chi connectivity index (χ3v) is 3.24. The number of amides is 1. The van der Waals surface area contributed by atoms with Crippen LogP contribution >= 0.6 is 0 Å². The molecule has 1 aliphatic heterocycles. The summed E-state index contributed by atoms with van der Waals surface area (Å²) in [5.74, 6) is 0.181. The largest absolute Gasteiger partial charge is 0.380 e. The van der Waals surface area contributed by atoms with Crippen molar-refractivity contribution in [2.45, 2.75) is 19.4 Å². The Morgan fingerprint density at radius 2 is 2.33 bits per heavy atom. The second-order valence-corrected chi connectivity index (χ2v) is 4.62. The Bertz CT molecular complexity index is 401. The number of carbonyl (C=O) groups excluding carboxylic acids is 1. The molecular weight excluding hydrogens is 228 g/mol. The smallest absolute Gasteiger partial charge is 0.228 e.